The van der Waals surface area contributed by atoms with E-state index in [9.17, 15) is 9.50 Å². The molecule has 1 fully saturated rings. The predicted octanol–water partition coefficient (Wildman–Crippen LogP) is 3.25. The Labute approximate surface area is 135 Å². The minimum Gasteiger partial charge on any atom is -0.507 e. The summed E-state index contributed by atoms with van der Waals surface area (Å²) in [5.41, 5.74) is 8.13. The first kappa shape index (κ1) is 15.8. The zero-order chi connectivity index (χ0) is 16.4. The number of nitrogens with one attached hydrogen (secondary N) is 2. The van der Waals surface area contributed by atoms with E-state index in [-0.39, 0.29) is 29.6 Å². The predicted molar refractivity (Wildman–Crippen MR) is 86.9 cm³/mol. The molecule has 23 heavy (non-hydrogen) atoms. The van der Waals surface area contributed by atoms with Crippen molar-refractivity contribution in [1.29, 1.82) is 0 Å². The first-order valence-corrected chi connectivity index (χ1v) is 7.78. The van der Waals surface area contributed by atoms with Crippen LogP contribution < -0.4 is 15.6 Å². The van der Waals surface area contributed by atoms with E-state index in [1.807, 2.05) is 26.0 Å². The molecule has 122 valence electrons. The highest BCUT2D eigenvalue weighted by Gasteiger charge is 2.31. The SMILES string of the molecule is CC(C)Oc1ccc(C2NNCC2c2ccc(F)cc2)c(O)c1. The maximum atomic E-state index is 13.1. The Morgan fingerprint density at radius 1 is 1.17 bits per heavy atom. The quantitative estimate of drug-likeness (QED) is 0.810. The summed E-state index contributed by atoms with van der Waals surface area (Å²) >= 11 is 0. The highest BCUT2D eigenvalue weighted by molar-refractivity contribution is 5.43. The van der Waals surface area contributed by atoms with Crippen LogP contribution in [0.3, 0.4) is 0 Å². The van der Waals surface area contributed by atoms with Gasteiger partial charge >= 0.3 is 0 Å². The van der Waals surface area contributed by atoms with Gasteiger partial charge in [0.25, 0.3) is 0 Å². The third kappa shape index (κ3) is 3.46. The van der Waals surface area contributed by atoms with Gasteiger partial charge in [-0.15, -0.1) is 0 Å². The van der Waals surface area contributed by atoms with Crippen molar-refractivity contribution in [1.82, 2.24) is 10.9 Å². The standard InChI is InChI=1S/C18H21FN2O2/c1-11(2)23-14-7-8-15(17(22)9-14)18-16(10-20-21-18)12-3-5-13(19)6-4-12/h3-9,11,16,18,20-22H,10H2,1-2H3. The van der Waals surface area contributed by atoms with Crippen LogP contribution >= 0.6 is 0 Å². The molecule has 1 aliphatic rings. The number of aromatic hydroxyl groups is 1. The molecule has 2 aromatic carbocycles. The minimum atomic E-state index is -0.248. The molecule has 0 amide bonds. The van der Waals surface area contributed by atoms with Crippen LogP contribution in [-0.2, 0) is 0 Å². The summed E-state index contributed by atoms with van der Waals surface area (Å²) in [4.78, 5) is 0. The lowest BCUT2D eigenvalue weighted by atomic mass is 9.88. The molecule has 2 atom stereocenters. The molecule has 3 rings (SSSR count). The normalized spacial score (nSPS) is 20.9. The molecular formula is C18H21FN2O2. The number of benzene rings is 2. The molecule has 0 bridgehead atoms. The van der Waals surface area contributed by atoms with Crippen LogP contribution in [0.15, 0.2) is 42.5 Å². The Hall–Kier alpha value is -2.11. The second-order valence-corrected chi connectivity index (χ2v) is 6.05. The van der Waals surface area contributed by atoms with Gasteiger partial charge in [0.1, 0.15) is 17.3 Å². The van der Waals surface area contributed by atoms with Crippen LogP contribution in [-0.4, -0.2) is 17.8 Å². The summed E-state index contributed by atoms with van der Waals surface area (Å²) in [5, 5.41) is 10.4. The van der Waals surface area contributed by atoms with Gasteiger partial charge in [0.15, 0.2) is 0 Å². The van der Waals surface area contributed by atoms with Crippen molar-refractivity contribution in [3.63, 3.8) is 0 Å². The Morgan fingerprint density at radius 2 is 1.91 bits per heavy atom. The monoisotopic (exact) mass is 316 g/mol. The topological polar surface area (TPSA) is 53.5 Å². The highest BCUT2D eigenvalue weighted by atomic mass is 19.1. The lowest BCUT2D eigenvalue weighted by Gasteiger charge is -2.21. The number of halogens is 1. The Morgan fingerprint density at radius 3 is 2.57 bits per heavy atom. The third-order valence-electron chi connectivity index (χ3n) is 3.99. The fourth-order valence-corrected chi connectivity index (χ4v) is 2.94. The van der Waals surface area contributed by atoms with E-state index in [0.29, 0.717) is 12.3 Å². The smallest absolute Gasteiger partial charge is 0.124 e. The van der Waals surface area contributed by atoms with E-state index in [0.717, 1.165) is 11.1 Å². The fourth-order valence-electron chi connectivity index (χ4n) is 2.94. The number of phenols is 1. The second kappa shape index (κ2) is 6.56. The summed E-state index contributed by atoms with van der Waals surface area (Å²) in [6.45, 7) is 4.59. The van der Waals surface area contributed by atoms with Crippen LogP contribution in [0.4, 0.5) is 4.39 Å². The summed E-state index contributed by atoms with van der Waals surface area (Å²) in [6.07, 6.45) is 0.0542. The van der Waals surface area contributed by atoms with Gasteiger partial charge in [-0.05, 0) is 37.6 Å². The molecule has 4 nitrogen and oxygen atoms in total. The lowest BCUT2D eigenvalue weighted by Crippen LogP contribution is -2.25. The Balaban J connectivity index is 1.86. The molecular weight excluding hydrogens is 295 g/mol. The van der Waals surface area contributed by atoms with E-state index in [1.54, 1.807) is 18.2 Å². The number of rotatable bonds is 4. The Bertz CT molecular complexity index is 673. The van der Waals surface area contributed by atoms with E-state index in [2.05, 4.69) is 10.9 Å². The number of ether oxygens (including phenoxy) is 1. The van der Waals surface area contributed by atoms with Crippen molar-refractivity contribution in [3.8, 4) is 11.5 Å². The number of phenolic OH excluding ortho intramolecular Hbond substituents is 1. The molecule has 2 aromatic rings. The van der Waals surface area contributed by atoms with Crippen molar-refractivity contribution >= 4 is 0 Å². The molecule has 1 aliphatic heterocycles. The molecule has 3 N–H and O–H groups in total. The summed E-state index contributed by atoms with van der Waals surface area (Å²) in [5.74, 6) is 0.697. The average molecular weight is 316 g/mol. The summed E-state index contributed by atoms with van der Waals surface area (Å²) in [6, 6.07) is 11.8. The van der Waals surface area contributed by atoms with Crippen LogP contribution in [0.25, 0.3) is 0 Å². The van der Waals surface area contributed by atoms with E-state index in [1.165, 1.54) is 12.1 Å². The highest BCUT2D eigenvalue weighted by Crippen LogP contribution is 2.38. The van der Waals surface area contributed by atoms with Gasteiger partial charge in [-0.2, -0.15) is 0 Å². The van der Waals surface area contributed by atoms with Crippen molar-refractivity contribution in [2.24, 2.45) is 0 Å². The maximum absolute atomic E-state index is 13.1. The molecule has 0 aromatic heterocycles. The van der Waals surface area contributed by atoms with Crippen LogP contribution in [0.1, 0.15) is 36.9 Å². The molecule has 5 heteroatoms. The lowest BCUT2D eigenvalue weighted by molar-refractivity contribution is 0.241. The van der Waals surface area contributed by atoms with Gasteiger partial charge < -0.3 is 9.84 Å². The zero-order valence-corrected chi connectivity index (χ0v) is 13.2. The van der Waals surface area contributed by atoms with Gasteiger partial charge in [-0.3, -0.25) is 5.43 Å². The second-order valence-electron chi connectivity index (χ2n) is 6.05. The number of hydrogen-bond acceptors (Lipinski definition) is 4. The number of hydrogen-bond donors (Lipinski definition) is 3. The van der Waals surface area contributed by atoms with Crippen LogP contribution in [0.2, 0.25) is 0 Å². The zero-order valence-electron chi connectivity index (χ0n) is 13.2. The van der Waals surface area contributed by atoms with E-state index < -0.39 is 0 Å². The van der Waals surface area contributed by atoms with Gasteiger partial charge in [0.05, 0.1) is 12.1 Å². The average Bonchev–Trinajstić information content (AvgIpc) is 2.96. The molecule has 0 aliphatic carbocycles. The van der Waals surface area contributed by atoms with Crippen molar-refractivity contribution < 1.29 is 14.2 Å². The first-order valence-electron chi connectivity index (χ1n) is 7.78. The van der Waals surface area contributed by atoms with Crippen molar-refractivity contribution in [3.05, 3.63) is 59.4 Å². The van der Waals surface area contributed by atoms with Crippen molar-refractivity contribution in [2.45, 2.75) is 31.9 Å². The fraction of sp³-hybridized carbons (Fsp3) is 0.333. The summed E-state index contributed by atoms with van der Waals surface area (Å²) < 4.78 is 18.7. The maximum Gasteiger partial charge on any atom is 0.124 e. The van der Waals surface area contributed by atoms with Gasteiger partial charge in [-0.1, -0.05) is 18.2 Å². The molecule has 0 radical (unpaired) electrons. The Kier molecular flexibility index (Phi) is 4.50. The molecule has 2 unspecified atom stereocenters. The van der Waals surface area contributed by atoms with E-state index >= 15 is 0 Å². The van der Waals surface area contributed by atoms with Gasteiger partial charge in [0, 0.05) is 24.1 Å². The molecule has 1 saturated heterocycles. The summed E-state index contributed by atoms with van der Waals surface area (Å²) in [7, 11) is 0. The van der Waals surface area contributed by atoms with Crippen LogP contribution in [0.5, 0.6) is 11.5 Å². The first-order chi connectivity index (χ1) is 11.0. The molecule has 0 saturated carbocycles. The number of hydrazine groups is 1. The van der Waals surface area contributed by atoms with Gasteiger partial charge in [0.2, 0.25) is 0 Å². The van der Waals surface area contributed by atoms with Gasteiger partial charge in [-0.25, -0.2) is 9.82 Å². The minimum absolute atomic E-state index is 0.0542. The third-order valence-corrected chi connectivity index (χ3v) is 3.99. The molecule has 1 heterocycles. The van der Waals surface area contributed by atoms with E-state index in [4.69, 9.17) is 4.74 Å². The van der Waals surface area contributed by atoms with Crippen LogP contribution in [0, 0.1) is 5.82 Å². The largest absolute Gasteiger partial charge is 0.507 e. The van der Waals surface area contributed by atoms with Crippen molar-refractivity contribution in [2.75, 3.05) is 6.54 Å². The molecule has 0 spiro atoms.